The molecule has 0 unspecified atom stereocenters. The van der Waals surface area contributed by atoms with E-state index in [0.717, 1.165) is 5.56 Å². The zero-order valence-electron chi connectivity index (χ0n) is 9.12. The monoisotopic (exact) mass is 221 g/mol. The maximum atomic E-state index is 13.4. The van der Waals surface area contributed by atoms with Crippen LogP contribution in [-0.2, 0) is 6.54 Å². The zero-order chi connectivity index (χ0) is 11.5. The van der Waals surface area contributed by atoms with E-state index in [2.05, 4.69) is 15.5 Å². The normalized spacial score (nSPS) is 10.4. The number of anilines is 1. The summed E-state index contributed by atoms with van der Waals surface area (Å²) < 4.78 is 18.6. The molecule has 1 aromatic heterocycles. The number of rotatable bonds is 3. The fourth-order valence-electron chi connectivity index (χ4n) is 1.43. The second-order valence-corrected chi connectivity index (χ2v) is 3.50. The standard InChI is InChI=1S/C11H12FN3O/c1-7-4-3-5-9(12)11(7)13-6-10-15-14-8(2)16-10/h3-5,13H,6H2,1-2H3. The Labute approximate surface area is 92.5 Å². The van der Waals surface area contributed by atoms with Gasteiger partial charge in [-0.05, 0) is 18.6 Å². The third-order valence-electron chi connectivity index (χ3n) is 2.21. The average Bonchev–Trinajstić information content (AvgIpc) is 2.63. The van der Waals surface area contributed by atoms with Gasteiger partial charge in [0, 0.05) is 6.92 Å². The SMILES string of the molecule is Cc1nnc(CNc2c(C)cccc2F)o1. The fourth-order valence-corrected chi connectivity index (χ4v) is 1.43. The fraction of sp³-hybridized carbons (Fsp3) is 0.273. The minimum atomic E-state index is -0.281. The van der Waals surface area contributed by atoms with Crippen molar-refractivity contribution in [2.75, 3.05) is 5.32 Å². The third kappa shape index (κ3) is 2.18. The number of hydrogen-bond acceptors (Lipinski definition) is 4. The maximum Gasteiger partial charge on any atom is 0.235 e. The largest absolute Gasteiger partial charge is 0.424 e. The van der Waals surface area contributed by atoms with Gasteiger partial charge in [-0.1, -0.05) is 12.1 Å². The summed E-state index contributed by atoms with van der Waals surface area (Å²) in [6, 6.07) is 4.92. The molecule has 0 spiro atoms. The number of halogens is 1. The van der Waals surface area contributed by atoms with Crippen molar-refractivity contribution >= 4 is 5.69 Å². The van der Waals surface area contributed by atoms with Gasteiger partial charge in [-0.15, -0.1) is 10.2 Å². The van der Waals surface area contributed by atoms with Gasteiger partial charge in [0.2, 0.25) is 11.8 Å². The molecule has 0 aliphatic carbocycles. The summed E-state index contributed by atoms with van der Waals surface area (Å²) in [4.78, 5) is 0. The van der Waals surface area contributed by atoms with Gasteiger partial charge in [-0.2, -0.15) is 0 Å². The van der Waals surface area contributed by atoms with Crippen LogP contribution in [0.4, 0.5) is 10.1 Å². The van der Waals surface area contributed by atoms with E-state index in [1.165, 1.54) is 6.07 Å². The highest BCUT2D eigenvalue weighted by molar-refractivity contribution is 5.51. The molecule has 0 saturated carbocycles. The summed E-state index contributed by atoms with van der Waals surface area (Å²) in [5, 5.41) is 10.5. The summed E-state index contributed by atoms with van der Waals surface area (Å²) in [7, 11) is 0. The maximum absolute atomic E-state index is 13.4. The number of benzene rings is 1. The van der Waals surface area contributed by atoms with E-state index in [9.17, 15) is 4.39 Å². The second-order valence-electron chi connectivity index (χ2n) is 3.50. The Morgan fingerprint density at radius 2 is 2.12 bits per heavy atom. The van der Waals surface area contributed by atoms with Crippen LogP contribution in [0.25, 0.3) is 0 Å². The van der Waals surface area contributed by atoms with Crippen LogP contribution >= 0.6 is 0 Å². The highest BCUT2D eigenvalue weighted by Crippen LogP contribution is 2.19. The van der Waals surface area contributed by atoms with Crippen LogP contribution in [0.1, 0.15) is 17.3 Å². The molecule has 0 fully saturated rings. The Bertz CT molecular complexity index is 475. The lowest BCUT2D eigenvalue weighted by Crippen LogP contribution is -2.03. The molecular weight excluding hydrogens is 209 g/mol. The number of aryl methyl sites for hydroxylation is 2. The van der Waals surface area contributed by atoms with E-state index in [-0.39, 0.29) is 5.82 Å². The van der Waals surface area contributed by atoms with Crippen LogP contribution in [0, 0.1) is 19.7 Å². The number of para-hydroxylation sites is 1. The Morgan fingerprint density at radius 1 is 1.31 bits per heavy atom. The van der Waals surface area contributed by atoms with Crippen LogP contribution in [0.2, 0.25) is 0 Å². The van der Waals surface area contributed by atoms with Crippen molar-refractivity contribution in [2.24, 2.45) is 0 Å². The first kappa shape index (κ1) is 10.6. The van der Waals surface area contributed by atoms with Crippen molar-refractivity contribution in [2.45, 2.75) is 20.4 Å². The molecule has 1 N–H and O–H groups in total. The zero-order valence-corrected chi connectivity index (χ0v) is 9.12. The Hall–Kier alpha value is -1.91. The molecule has 5 heteroatoms. The molecule has 0 radical (unpaired) electrons. The van der Waals surface area contributed by atoms with Gasteiger partial charge < -0.3 is 9.73 Å². The quantitative estimate of drug-likeness (QED) is 0.864. The second kappa shape index (κ2) is 4.30. The van der Waals surface area contributed by atoms with E-state index < -0.39 is 0 Å². The number of nitrogens with zero attached hydrogens (tertiary/aromatic N) is 2. The lowest BCUT2D eigenvalue weighted by molar-refractivity contribution is 0.474. The molecule has 84 valence electrons. The van der Waals surface area contributed by atoms with E-state index in [0.29, 0.717) is 24.0 Å². The first-order valence-corrected chi connectivity index (χ1v) is 4.95. The van der Waals surface area contributed by atoms with Gasteiger partial charge in [-0.25, -0.2) is 4.39 Å². The Balaban J connectivity index is 2.10. The predicted molar refractivity (Wildman–Crippen MR) is 57.5 cm³/mol. The molecular formula is C11H12FN3O. The molecule has 1 heterocycles. The molecule has 0 saturated heterocycles. The molecule has 1 aromatic carbocycles. The van der Waals surface area contributed by atoms with Gasteiger partial charge in [-0.3, -0.25) is 0 Å². The third-order valence-corrected chi connectivity index (χ3v) is 2.21. The number of hydrogen-bond donors (Lipinski definition) is 1. The molecule has 0 aliphatic rings. The van der Waals surface area contributed by atoms with Crippen molar-refractivity contribution in [1.29, 1.82) is 0 Å². The minimum absolute atomic E-state index is 0.281. The molecule has 0 bridgehead atoms. The smallest absolute Gasteiger partial charge is 0.235 e. The highest BCUT2D eigenvalue weighted by atomic mass is 19.1. The highest BCUT2D eigenvalue weighted by Gasteiger charge is 2.07. The van der Waals surface area contributed by atoms with Gasteiger partial charge in [0.05, 0.1) is 12.2 Å². The van der Waals surface area contributed by atoms with Crippen LogP contribution < -0.4 is 5.32 Å². The first-order chi connectivity index (χ1) is 7.66. The van der Waals surface area contributed by atoms with Crippen molar-refractivity contribution in [1.82, 2.24) is 10.2 Å². The van der Waals surface area contributed by atoms with Crippen molar-refractivity contribution in [3.05, 3.63) is 41.4 Å². The lowest BCUT2D eigenvalue weighted by atomic mass is 10.2. The topological polar surface area (TPSA) is 51.0 Å². The summed E-state index contributed by atoms with van der Waals surface area (Å²) in [5.41, 5.74) is 1.31. The van der Waals surface area contributed by atoms with Gasteiger partial charge in [0.1, 0.15) is 5.82 Å². The summed E-state index contributed by atoms with van der Waals surface area (Å²) in [6.45, 7) is 3.87. The van der Waals surface area contributed by atoms with Crippen LogP contribution in [0.3, 0.4) is 0 Å². The van der Waals surface area contributed by atoms with Crippen LogP contribution in [0.15, 0.2) is 22.6 Å². The molecule has 0 amide bonds. The lowest BCUT2D eigenvalue weighted by Gasteiger charge is -2.07. The Kier molecular flexibility index (Phi) is 2.85. The van der Waals surface area contributed by atoms with Crippen LogP contribution in [-0.4, -0.2) is 10.2 Å². The van der Waals surface area contributed by atoms with Crippen molar-refractivity contribution in [3.8, 4) is 0 Å². The van der Waals surface area contributed by atoms with Crippen molar-refractivity contribution in [3.63, 3.8) is 0 Å². The summed E-state index contributed by atoms with van der Waals surface area (Å²) >= 11 is 0. The number of aromatic nitrogens is 2. The number of nitrogens with one attached hydrogen (secondary N) is 1. The molecule has 16 heavy (non-hydrogen) atoms. The molecule has 0 aliphatic heterocycles. The van der Waals surface area contributed by atoms with Gasteiger partial charge in [0.25, 0.3) is 0 Å². The van der Waals surface area contributed by atoms with E-state index in [4.69, 9.17) is 4.42 Å². The summed E-state index contributed by atoms with van der Waals surface area (Å²) in [5.74, 6) is 0.665. The van der Waals surface area contributed by atoms with Gasteiger partial charge in [0.15, 0.2) is 0 Å². The van der Waals surface area contributed by atoms with Gasteiger partial charge >= 0.3 is 0 Å². The van der Waals surface area contributed by atoms with E-state index in [1.807, 2.05) is 13.0 Å². The minimum Gasteiger partial charge on any atom is -0.424 e. The molecule has 4 nitrogen and oxygen atoms in total. The van der Waals surface area contributed by atoms with Crippen molar-refractivity contribution < 1.29 is 8.81 Å². The predicted octanol–water partition coefficient (Wildman–Crippen LogP) is 2.44. The average molecular weight is 221 g/mol. The van der Waals surface area contributed by atoms with Crippen LogP contribution in [0.5, 0.6) is 0 Å². The van der Waals surface area contributed by atoms with E-state index >= 15 is 0 Å². The molecule has 0 atom stereocenters. The van der Waals surface area contributed by atoms with E-state index in [1.54, 1.807) is 13.0 Å². The first-order valence-electron chi connectivity index (χ1n) is 4.95. The summed E-state index contributed by atoms with van der Waals surface area (Å²) in [6.07, 6.45) is 0. The molecule has 2 rings (SSSR count). The molecule has 2 aromatic rings. The Morgan fingerprint density at radius 3 is 2.75 bits per heavy atom.